The summed E-state index contributed by atoms with van der Waals surface area (Å²) in [6.45, 7) is 3.81. The number of nitro benzene ring substituents is 1. The normalized spacial score (nSPS) is 11.9. The Balaban J connectivity index is 1.80. The lowest BCUT2D eigenvalue weighted by molar-refractivity contribution is -0.384. The van der Waals surface area contributed by atoms with E-state index in [4.69, 9.17) is 14.2 Å². The molecule has 1 aliphatic rings. The second-order valence-corrected chi connectivity index (χ2v) is 7.31. The molecule has 0 atom stereocenters. The second kappa shape index (κ2) is 8.58. The summed E-state index contributed by atoms with van der Waals surface area (Å²) in [6, 6.07) is 12.9. The standard InChI is InChI=1S/C24H21NO7/c1-3-30-24(27)23-14(2)18(10-15-4-7-17(8-5-15)25(28)29)20(26)12-19(23)16-6-9-21-22(11-16)32-13-31-21/h4-9,11-12,26H,3,10,13H2,1-2H3. The molecule has 0 unspecified atom stereocenters. The Morgan fingerprint density at radius 1 is 1.12 bits per heavy atom. The van der Waals surface area contributed by atoms with Crippen LogP contribution in [-0.2, 0) is 11.2 Å². The maximum absolute atomic E-state index is 12.9. The molecule has 1 heterocycles. The van der Waals surface area contributed by atoms with Crippen LogP contribution in [0.1, 0.15) is 34.0 Å². The van der Waals surface area contributed by atoms with E-state index in [1.807, 2.05) is 0 Å². The second-order valence-electron chi connectivity index (χ2n) is 7.31. The molecule has 0 saturated carbocycles. The highest BCUT2D eigenvalue weighted by Gasteiger charge is 2.24. The van der Waals surface area contributed by atoms with Crippen molar-refractivity contribution in [1.82, 2.24) is 0 Å². The van der Waals surface area contributed by atoms with Crippen LogP contribution in [0, 0.1) is 17.0 Å². The van der Waals surface area contributed by atoms with Crippen molar-refractivity contribution >= 4 is 11.7 Å². The van der Waals surface area contributed by atoms with Crippen LogP contribution in [0.15, 0.2) is 48.5 Å². The molecule has 0 amide bonds. The molecule has 0 bridgehead atoms. The van der Waals surface area contributed by atoms with Gasteiger partial charge in [-0.15, -0.1) is 0 Å². The Hall–Kier alpha value is -4.07. The highest BCUT2D eigenvalue weighted by atomic mass is 16.7. The van der Waals surface area contributed by atoms with E-state index in [0.717, 1.165) is 5.56 Å². The number of non-ortho nitro benzene ring substituents is 1. The molecule has 164 valence electrons. The number of hydrogen-bond donors (Lipinski definition) is 1. The van der Waals surface area contributed by atoms with Crippen molar-refractivity contribution in [2.45, 2.75) is 20.3 Å². The monoisotopic (exact) mass is 435 g/mol. The zero-order chi connectivity index (χ0) is 22.8. The highest BCUT2D eigenvalue weighted by molar-refractivity contribution is 6.00. The summed E-state index contributed by atoms with van der Waals surface area (Å²) in [4.78, 5) is 23.3. The molecule has 8 nitrogen and oxygen atoms in total. The maximum Gasteiger partial charge on any atom is 0.339 e. The molecule has 1 N–H and O–H groups in total. The number of rotatable bonds is 6. The number of carbonyl (C=O) groups excluding carboxylic acids is 1. The summed E-state index contributed by atoms with van der Waals surface area (Å²) in [5, 5.41) is 21.8. The van der Waals surface area contributed by atoms with Crippen molar-refractivity contribution < 1.29 is 29.0 Å². The van der Waals surface area contributed by atoms with E-state index in [2.05, 4.69) is 0 Å². The smallest absolute Gasteiger partial charge is 0.339 e. The van der Waals surface area contributed by atoms with E-state index in [-0.39, 0.29) is 24.8 Å². The van der Waals surface area contributed by atoms with Gasteiger partial charge in [0.25, 0.3) is 5.69 Å². The van der Waals surface area contributed by atoms with Gasteiger partial charge in [0.05, 0.1) is 17.1 Å². The van der Waals surface area contributed by atoms with E-state index in [1.165, 1.54) is 18.2 Å². The third kappa shape index (κ3) is 3.94. The number of carbonyl (C=O) groups is 1. The van der Waals surface area contributed by atoms with Gasteiger partial charge in [0.1, 0.15) is 5.75 Å². The lowest BCUT2D eigenvalue weighted by Crippen LogP contribution is -2.11. The summed E-state index contributed by atoms with van der Waals surface area (Å²) >= 11 is 0. The van der Waals surface area contributed by atoms with Crippen LogP contribution >= 0.6 is 0 Å². The molecule has 1 aliphatic heterocycles. The maximum atomic E-state index is 12.9. The first-order valence-corrected chi connectivity index (χ1v) is 10.0. The average molecular weight is 435 g/mol. The van der Waals surface area contributed by atoms with Crippen molar-refractivity contribution in [3.8, 4) is 28.4 Å². The molecular weight excluding hydrogens is 414 g/mol. The van der Waals surface area contributed by atoms with Crippen LogP contribution in [-0.4, -0.2) is 29.4 Å². The van der Waals surface area contributed by atoms with Gasteiger partial charge in [-0.3, -0.25) is 10.1 Å². The third-order valence-corrected chi connectivity index (χ3v) is 5.38. The summed E-state index contributed by atoms with van der Waals surface area (Å²) in [7, 11) is 0. The third-order valence-electron chi connectivity index (χ3n) is 5.38. The van der Waals surface area contributed by atoms with E-state index < -0.39 is 10.9 Å². The molecule has 32 heavy (non-hydrogen) atoms. The largest absolute Gasteiger partial charge is 0.508 e. The number of benzene rings is 3. The predicted octanol–water partition coefficient (Wildman–Crippen LogP) is 4.77. The lowest BCUT2D eigenvalue weighted by Gasteiger charge is -2.18. The van der Waals surface area contributed by atoms with Gasteiger partial charge in [-0.2, -0.15) is 0 Å². The molecule has 8 heteroatoms. The highest BCUT2D eigenvalue weighted by Crippen LogP contribution is 2.40. The molecule has 0 fully saturated rings. The summed E-state index contributed by atoms with van der Waals surface area (Å²) in [6.07, 6.45) is 0.295. The average Bonchev–Trinajstić information content (AvgIpc) is 3.24. The van der Waals surface area contributed by atoms with Crippen molar-refractivity contribution in [3.05, 3.63) is 80.9 Å². The zero-order valence-corrected chi connectivity index (χ0v) is 17.6. The van der Waals surface area contributed by atoms with E-state index in [0.29, 0.717) is 45.7 Å². The Kier molecular flexibility index (Phi) is 5.68. The number of phenolic OH excluding ortho intramolecular Hbond substituents is 1. The molecule has 0 aliphatic carbocycles. The van der Waals surface area contributed by atoms with Crippen molar-refractivity contribution in [1.29, 1.82) is 0 Å². The summed E-state index contributed by atoms with van der Waals surface area (Å²) in [5.74, 6) is 0.691. The van der Waals surface area contributed by atoms with Crippen LogP contribution in [0.4, 0.5) is 5.69 Å². The summed E-state index contributed by atoms with van der Waals surface area (Å²) in [5.41, 5.74) is 3.42. The molecule has 3 aromatic rings. The quantitative estimate of drug-likeness (QED) is 0.337. The van der Waals surface area contributed by atoms with E-state index in [9.17, 15) is 20.0 Å². The van der Waals surface area contributed by atoms with Crippen LogP contribution in [0.2, 0.25) is 0 Å². The topological polar surface area (TPSA) is 108 Å². The molecule has 4 rings (SSSR count). The molecule has 0 saturated heterocycles. The number of esters is 1. The number of nitro groups is 1. The molecule has 0 aromatic heterocycles. The van der Waals surface area contributed by atoms with E-state index >= 15 is 0 Å². The number of aromatic hydroxyl groups is 1. The Bertz CT molecular complexity index is 1200. The van der Waals surface area contributed by atoms with Gasteiger partial charge < -0.3 is 19.3 Å². The van der Waals surface area contributed by atoms with E-state index in [1.54, 1.807) is 44.2 Å². The van der Waals surface area contributed by atoms with Gasteiger partial charge >= 0.3 is 5.97 Å². The Morgan fingerprint density at radius 3 is 2.53 bits per heavy atom. The van der Waals surface area contributed by atoms with Crippen molar-refractivity contribution in [2.24, 2.45) is 0 Å². The van der Waals surface area contributed by atoms with Gasteiger partial charge in [0.2, 0.25) is 6.79 Å². The SMILES string of the molecule is CCOC(=O)c1c(-c2ccc3c(c2)OCO3)cc(O)c(Cc2ccc([N+](=O)[O-])cc2)c1C. The van der Waals surface area contributed by atoms with Gasteiger partial charge in [-0.25, -0.2) is 4.79 Å². The summed E-state index contributed by atoms with van der Waals surface area (Å²) < 4.78 is 16.1. The minimum Gasteiger partial charge on any atom is -0.508 e. The fraction of sp³-hybridized carbons (Fsp3) is 0.208. The predicted molar refractivity (Wildman–Crippen MR) is 116 cm³/mol. The van der Waals surface area contributed by atoms with Crippen molar-refractivity contribution in [3.63, 3.8) is 0 Å². The molecule has 0 radical (unpaired) electrons. The minimum absolute atomic E-state index is 0.0138. The minimum atomic E-state index is -0.498. The number of hydrogen-bond acceptors (Lipinski definition) is 7. The van der Waals surface area contributed by atoms with Gasteiger partial charge in [0.15, 0.2) is 11.5 Å². The molecular formula is C24H21NO7. The van der Waals surface area contributed by atoms with Gasteiger partial charge in [0, 0.05) is 29.7 Å². The van der Waals surface area contributed by atoms with Gasteiger partial charge in [-0.1, -0.05) is 18.2 Å². The first-order chi connectivity index (χ1) is 15.4. The number of nitrogens with zero attached hydrogens (tertiary/aromatic N) is 1. The number of ether oxygens (including phenoxy) is 3. The van der Waals surface area contributed by atoms with Crippen LogP contribution in [0.5, 0.6) is 17.2 Å². The van der Waals surface area contributed by atoms with Gasteiger partial charge in [-0.05, 0) is 48.7 Å². The van der Waals surface area contributed by atoms with Crippen LogP contribution < -0.4 is 9.47 Å². The zero-order valence-electron chi connectivity index (χ0n) is 17.6. The Labute approximate surface area is 184 Å². The first kappa shape index (κ1) is 21.2. The van der Waals surface area contributed by atoms with Crippen molar-refractivity contribution in [2.75, 3.05) is 13.4 Å². The lowest BCUT2D eigenvalue weighted by atomic mass is 9.89. The van der Waals surface area contributed by atoms with Crippen LogP contribution in [0.25, 0.3) is 11.1 Å². The molecule has 3 aromatic carbocycles. The first-order valence-electron chi connectivity index (χ1n) is 10.0. The number of phenols is 1. The fourth-order valence-electron chi connectivity index (χ4n) is 3.76. The Morgan fingerprint density at radius 2 is 1.84 bits per heavy atom. The number of fused-ring (bicyclic) bond motifs is 1. The molecule has 0 spiro atoms. The fourth-order valence-corrected chi connectivity index (χ4v) is 3.76. The van der Waals surface area contributed by atoms with Crippen LogP contribution in [0.3, 0.4) is 0 Å².